The van der Waals surface area contributed by atoms with Gasteiger partial charge in [0.2, 0.25) is 5.91 Å². The van der Waals surface area contributed by atoms with E-state index >= 15 is 0 Å². The Morgan fingerprint density at radius 2 is 2.10 bits per heavy atom. The second kappa shape index (κ2) is 7.61. The molecule has 0 saturated heterocycles. The fourth-order valence-corrected chi connectivity index (χ4v) is 3.13. The van der Waals surface area contributed by atoms with Gasteiger partial charge in [0.05, 0.1) is 17.3 Å². The van der Waals surface area contributed by atoms with Gasteiger partial charge in [-0.25, -0.2) is 0 Å². The number of nitrogens with zero attached hydrogens (tertiary/aromatic N) is 1. The summed E-state index contributed by atoms with van der Waals surface area (Å²) < 4.78 is 0.683. The molecule has 1 amide bonds. The van der Waals surface area contributed by atoms with Crippen LogP contribution in [-0.4, -0.2) is 28.4 Å². The minimum atomic E-state index is -0.895. The van der Waals surface area contributed by atoms with Crippen LogP contribution < -0.4 is 0 Å². The zero-order chi connectivity index (χ0) is 16.0. The van der Waals surface area contributed by atoms with Crippen LogP contribution >= 0.6 is 22.9 Å². The molecule has 0 saturated carbocycles. The summed E-state index contributed by atoms with van der Waals surface area (Å²) in [6.07, 6.45) is 1.81. The van der Waals surface area contributed by atoms with Gasteiger partial charge < -0.3 is 10.0 Å². The molecular formula is C15H20ClNO3S. The molecule has 0 spiro atoms. The standard InChI is InChI=1S/C15H20ClNO3S/c1-4-7-17(10-11-5-6-12(16)21-11)13(18)8-15(2,3)9-14(19)20/h4-6H,1,7-10H2,2-3H3,(H,19,20). The molecule has 0 aromatic carbocycles. The van der Waals surface area contributed by atoms with Crippen LogP contribution in [0.5, 0.6) is 0 Å². The van der Waals surface area contributed by atoms with Gasteiger partial charge in [0.25, 0.3) is 0 Å². The summed E-state index contributed by atoms with van der Waals surface area (Å²) >= 11 is 7.32. The lowest BCUT2D eigenvalue weighted by Gasteiger charge is -2.27. The van der Waals surface area contributed by atoms with Gasteiger partial charge in [0.1, 0.15) is 0 Å². The molecule has 1 aromatic heterocycles. The highest BCUT2D eigenvalue weighted by atomic mass is 35.5. The number of rotatable bonds is 8. The molecule has 1 aromatic rings. The molecule has 0 unspecified atom stereocenters. The molecule has 0 fully saturated rings. The Labute approximate surface area is 134 Å². The Balaban J connectivity index is 2.73. The molecular weight excluding hydrogens is 310 g/mol. The normalized spacial score (nSPS) is 11.2. The van der Waals surface area contributed by atoms with Crippen molar-refractivity contribution in [2.45, 2.75) is 33.2 Å². The lowest BCUT2D eigenvalue weighted by Crippen LogP contribution is -2.34. The van der Waals surface area contributed by atoms with Crippen molar-refractivity contribution in [3.05, 3.63) is 34.0 Å². The van der Waals surface area contributed by atoms with Gasteiger partial charge in [-0.2, -0.15) is 0 Å². The van der Waals surface area contributed by atoms with Crippen molar-refractivity contribution < 1.29 is 14.7 Å². The summed E-state index contributed by atoms with van der Waals surface area (Å²) in [5, 5.41) is 8.89. The summed E-state index contributed by atoms with van der Waals surface area (Å²) in [5.74, 6) is -0.973. The third-order valence-electron chi connectivity index (χ3n) is 2.94. The molecule has 21 heavy (non-hydrogen) atoms. The third kappa shape index (κ3) is 6.31. The number of carbonyl (C=O) groups excluding carboxylic acids is 1. The van der Waals surface area contributed by atoms with Crippen LogP contribution in [0.25, 0.3) is 0 Å². The van der Waals surface area contributed by atoms with E-state index in [2.05, 4.69) is 6.58 Å². The van der Waals surface area contributed by atoms with Crippen LogP contribution in [0.1, 0.15) is 31.6 Å². The Morgan fingerprint density at radius 1 is 1.43 bits per heavy atom. The minimum absolute atomic E-state index is 0.0362. The summed E-state index contributed by atoms with van der Waals surface area (Å²) in [5.41, 5.74) is -0.574. The van der Waals surface area contributed by atoms with Crippen LogP contribution in [0, 0.1) is 5.41 Å². The first kappa shape index (κ1) is 17.7. The Kier molecular flexibility index (Phi) is 6.42. The maximum absolute atomic E-state index is 12.4. The number of thiophene rings is 1. The maximum atomic E-state index is 12.4. The van der Waals surface area contributed by atoms with Gasteiger partial charge in [-0.1, -0.05) is 31.5 Å². The topological polar surface area (TPSA) is 57.6 Å². The third-order valence-corrected chi connectivity index (χ3v) is 4.15. The zero-order valence-corrected chi connectivity index (χ0v) is 13.8. The number of aliphatic carboxylic acids is 1. The fraction of sp³-hybridized carbons (Fsp3) is 0.467. The number of halogens is 1. The number of carbonyl (C=O) groups is 2. The zero-order valence-electron chi connectivity index (χ0n) is 12.3. The smallest absolute Gasteiger partial charge is 0.303 e. The summed E-state index contributed by atoms with van der Waals surface area (Å²) in [4.78, 5) is 25.9. The SMILES string of the molecule is C=CCN(Cc1ccc(Cl)s1)C(=O)CC(C)(C)CC(=O)O. The molecule has 0 radical (unpaired) electrons. The Bertz CT molecular complexity index is 525. The Hall–Kier alpha value is -1.33. The second-order valence-electron chi connectivity index (χ2n) is 5.68. The lowest BCUT2D eigenvalue weighted by atomic mass is 9.85. The first-order valence-electron chi connectivity index (χ1n) is 6.58. The van der Waals surface area contributed by atoms with Crippen LogP contribution in [-0.2, 0) is 16.1 Å². The molecule has 0 aliphatic carbocycles. The highest BCUT2D eigenvalue weighted by Gasteiger charge is 2.27. The first-order chi connectivity index (χ1) is 9.73. The van der Waals surface area contributed by atoms with E-state index in [0.717, 1.165) is 4.88 Å². The molecule has 0 aliphatic heterocycles. The van der Waals surface area contributed by atoms with Crippen molar-refractivity contribution in [1.82, 2.24) is 4.90 Å². The van der Waals surface area contributed by atoms with E-state index in [0.29, 0.717) is 17.4 Å². The van der Waals surface area contributed by atoms with Gasteiger partial charge >= 0.3 is 5.97 Å². The molecule has 0 bridgehead atoms. The number of amides is 1. The average Bonchev–Trinajstić information content (AvgIpc) is 2.71. The summed E-state index contributed by atoms with van der Waals surface area (Å²) in [7, 11) is 0. The van der Waals surface area contributed by atoms with E-state index in [1.165, 1.54) is 11.3 Å². The summed E-state index contributed by atoms with van der Waals surface area (Å²) in [6, 6.07) is 3.69. The van der Waals surface area contributed by atoms with Crippen molar-refractivity contribution in [2.75, 3.05) is 6.54 Å². The summed E-state index contributed by atoms with van der Waals surface area (Å²) in [6.45, 7) is 8.13. The average molecular weight is 330 g/mol. The lowest BCUT2D eigenvalue weighted by molar-refractivity contribution is -0.140. The van der Waals surface area contributed by atoms with E-state index < -0.39 is 11.4 Å². The first-order valence-corrected chi connectivity index (χ1v) is 7.77. The van der Waals surface area contributed by atoms with Crippen molar-refractivity contribution in [3.8, 4) is 0 Å². The van der Waals surface area contributed by atoms with Crippen molar-refractivity contribution >= 4 is 34.8 Å². The largest absolute Gasteiger partial charge is 0.481 e. The van der Waals surface area contributed by atoms with Gasteiger partial charge in [-0.05, 0) is 17.5 Å². The molecule has 1 heterocycles. The monoisotopic (exact) mass is 329 g/mol. The highest BCUT2D eigenvalue weighted by Crippen LogP contribution is 2.27. The van der Waals surface area contributed by atoms with E-state index in [4.69, 9.17) is 16.7 Å². The number of carboxylic acids is 1. The molecule has 1 rings (SSSR count). The predicted octanol–water partition coefficient (Wildman–Crippen LogP) is 3.81. The highest BCUT2D eigenvalue weighted by molar-refractivity contribution is 7.16. The van der Waals surface area contributed by atoms with Crippen molar-refractivity contribution in [3.63, 3.8) is 0 Å². The van der Waals surface area contributed by atoms with Gasteiger partial charge in [-0.15, -0.1) is 17.9 Å². The van der Waals surface area contributed by atoms with Crippen molar-refractivity contribution in [2.24, 2.45) is 5.41 Å². The molecule has 4 nitrogen and oxygen atoms in total. The second-order valence-corrected chi connectivity index (χ2v) is 7.48. The van der Waals surface area contributed by atoms with E-state index in [1.807, 2.05) is 6.07 Å². The van der Waals surface area contributed by atoms with Crippen LogP contribution in [0.3, 0.4) is 0 Å². The van der Waals surface area contributed by atoms with Gasteiger partial charge in [0.15, 0.2) is 0 Å². The maximum Gasteiger partial charge on any atom is 0.303 e. The molecule has 1 N–H and O–H groups in total. The fourth-order valence-electron chi connectivity index (χ4n) is 2.03. The van der Waals surface area contributed by atoms with Crippen LogP contribution in [0.2, 0.25) is 4.34 Å². The molecule has 116 valence electrons. The number of hydrogen-bond acceptors (Lipinski definition) is 3. The quantitative estimate of drug-likeness (QED) is 0.738. The molecule has 0 aliphatic rings. The van der Waals surface area contributed by atoms with Gasteiger partial charge in [-0.3, -0.25) is 9.59 Å². The minimum Gasteiger partial charge on any atom is -0.481 e. The Morgan fingerprint density at radius 3 is 2.57 bits per heavy atom. The van der Waals surface area contributed by atoms with Crippen molar-refractivity contribution in [1.29, 1.82) is 0 Å². The predicted molar refractivity (Wildman–Crippen MR) is 85.6 cm³/mol. The van der Waals surface area contributed by atoms with E-state index in [1.54, 1.807) is 30.9 Å². The van der Waals surface area contributed by atoms with E-state index in [-0.39, 0.29) is 18.7 Å². The van der Waals surface area contributed by atoms with Crippen LogP contribution in [0.15, 0.2) is 24.8 Å². The number of carboxylic acid groups (broad SMARTS) is 1. The van der Waals surface area contributed by atoms with E-state index in [9.17, 15) is 9.59 Å². The van der Waals surface area contributed by atoms with Crippen LogP contribution in [0.4, 0.5) is 0 Å². The number of hydrogen-bond donors (Lipinski definition) is 1. The molecule has 6 heteroatoms. The molecule has 0 atom stereocenters. The van der Waals surface area contributed by atoms with Gasteiger partial charge in [0, 0.05) is 17.8 Å².